The van der Waals surface area contributed by atoms with Crippen LogP contribution >= 0.6 is 15.9 Å². The molecule has 214 valence electrons. The molecule has 4 aliphatic rings. The molecule has 4 aromatic rings. The lowest BCUT2D eigenvalue weighted by molar-refractivity contribution is -0.122. The lowest BCUT2D eigenvalue weighted by atomic mass is 9.55. The van der Waals surface area contributed by atoms with E-state index in [-0.39, 0.29) is 29.2 Å². The molecule has 1 fully saturated rings. The van der Waals surface area contributed by atoms with Gasteiger partial charge in [-0.15, -0.1) is 0 Å². The molecule has 2 atom stereocenters. The number of amides is 3. The van der Waals surface area contributed by atoms with E-state index in [2.05, 4.69) is 45.5 Å². The van der Waals surface area contributed by atoms with E-state index in [9.17, 15) is 19.2 Å². The molecule has 0 aromatic heterocycles. The number of esters is 1. The number of rotatable bonds is 5. The Labute approximate surface area is 257 Å². The molecule has 0 spiro atoms. The van der Waals surface area contributed by atoms with Crippen LogP contribution in [0, 0.1) is 25.7 Å². The van der Waals surface area contributed by atoms with Crippen LogP contribution in [0.3, 0.4) is 0 Å². The highest BCUT2D eigenvalue weighted by molar-refractivity contribution is 9.10. The van der Waals surface area contributed by atoms with Crippen LogP contribution in [0.1, 0.15) is 55.6 Å². The molecule has 8 heteroatoms. The SMILES string of the molecule is Cc1cc(NC(=O)COC(=O)c2cccc(N3C(=O)[C@@H]4C5c6ccccc6C(c6ccccc65)[C@H]4C3=O)c2)cc(C)c1Br. The van der Waals surface area contributed by atoms with Crippen LogP contribution < -0.4 is 10.2 Å². The Kier molecular flexibility index (Phi) is 6.54. The number of halogens is 1. The first kappa shape index (κ1) is 27.3. The lowest BCUT2D eigenvalue weighted by Crippen LogP contribution is -2.41. The summed E-state index contributed by atoms with van der Waals surface area (Å²) in [6, 6.07) is 26.1. The molecule has 0 radical (unpaired) electrons. The van der Waals surface area contributed by atoms with Crippen LogP contribution in [0.5, 0.6) is 0 Å². The van der Waals surface area contributed by atoms with Gasteiger partial charge in [-0.05, 0) is 77.6 Å². The molecule has 3 aliphatic carbocycles. The van der Waals surface area contributed by atoms with Crippen LogP contribution in [-0.2, 0) is 19.1 Å². The van der Waals surface area contributed by atoms with E-state index < -0.39 is 30.3 Å². The first-order valence-electron chi connectivity index (χ1n) is 14.1. The standard InChI is InChI=1S/C35H27BrN2O5/c1-18-14-21(15-19(2)32(18)36)37-27(39)17-43-35(42)20-8-7-9-22(16-20)38-33(40)30-28-23-10-3-4-11-24(23)29(31(30)34(38)41)26-13-6-5-12-25(26)28/h3-16,28-31H,17H2,1-2H3,(H,37,39)/t28?,29?,30-,31-/m1/s1. The summed E-state index contributed by atoms with van der Waals surface area (Å²) in [4.78, 5) is 54.8. The van der Waals surface area contributed by atoms with Gasteiger partial charge in [0, 0.05) is 22.0 Å². The van der Waals surface area contributed by atoms with E-state index in [1.54, 1.807) is 18.2 Å². The summed E-state index contributed by atoms with van der Waals surface area (Å²) >= 11 is 3.51. The number of anilines is 2. The smallest absolute Gasteiger partial charge is 0.338 e. The fourth-order valence-electron chi connectivity index (χ4n) is 7.13. The maximum atomic E-state index is 14.0. The largest absolute Gasteiger partial charge is 0.452 e. The van der Waals surface area contributed by atoms with Crippen molar-refractivity contribution in [3.63, 3.8) is 0 Å². The van der Waals surface area contributed by atoms with E-state index in [1.807, 2.05) is 50.2 Å². The van der Waals surface area contributed by atoms with E-state index >= 15 is 0 Å². The molecule has 1 N–H and O–H groups in total. The van der Waals surface area contributed by atoms with Crippen molar-refractivity contribution in [3.05, 3.63) is 128 Å². The molecule has 4 aromatic carbocycles. The lowest BCUT2D eigenvalue weighted by Gasteiger charge is -2.45. The van der Waals surface area contributed by atoms with Gasteiger partial charge in [0.2, 0.25) is 11.8 Å². The molecular weight excluding hydrogens is 608 g/mol. The number of nitrogens with zero attached hydrogens (tertiary/aromatic N) is 1. The van der Waals surface area contributed by atoms with Crippen molar-refractivity contribution < 1.29 is 23.9 Å². The normalized spacial score (nSPS) is 21.2. The molecular formula is C35H27BrN2O5. The number of nitrogens with one attached hydrogen (secondary N) is 1. The molecule has 2 bridgehead atoms. The Hall–Kier alpha value is -4.56. The Morgan fingerprint density at radius 1 is 0.767 bits per heavy atom. The first-order chi connectivity index (χ1) is 20.7. The van der Waals surface area contributed by atoms with Gasteiger partial charge in [0.15, 0.2) is 6.61 Å². The Morgan fingerprint density at radius 2 is 1.28 bits per heavy atom. The van der Waals surface area contributed by atoms with Gasteiger partial charge in [-0.3, -0.25) is 14.4 Å². The van der Waals surface area contributed by atoms with Crippen molar-refractivity contribution in [3.8, 4) is 0 Å². The number of ether oxygens (including phenoxy) is 1. The van der Waals surface area contributed by atoms with Crippen LogP contribution in [0.2, 0.25) is 0 Å². The maximum absolute atomic E-state index is 14.0. The second kappa shape index (κ2) is 10.3. The quantitative estimate of drug-likeness (QED) is 0.207. The molecule has 1 saturated heterocycles. The Bertz CT molecular complexity index is 1730. The minimum atomic E-state index is -0.725. The molecule has 0 saturated carbocycles. The third kappa shape index (κ3) is 4.31. The number of imide groups is 1. The van der Waals surface area contributed by atoms with Crippen molar-refractivity contribution >= 4 is 51.0 Å². The fraction of sp³-hybridized carbons (Fsp3) is 0.200. The minimum absolute atomic E-state index is 0.144. The molecule has 0 unspecified atom stereocenters. The van der Waals surface area contributed by atoms with Gasteiger partial charge in [0.1, 0.15) is 0 Å². The van der Waals surface area contributed by atoms with Crippen molar-refractivity contribution in [1.29, 1.82) is 0 Å². The molecule has 1 aliphatic heterocycles. The topological polar surface area (TPSA) is 92.8 Å². The second-order valence-corrected chi connectivity index (χ2v) is 12.2. The number of aryl methyl sites for hydroxylation is 2. The highest BCUT2D eigenvalue weighted by atomic mass is 79.9. The van der Waals surface area contributed by atoms with Crippen molar-refractivity contribution in [2.75, 3.05) is 16.8 Å². The monoisotopic (exact) mass is 634 g/mol. The van der Waals surface area contributed by atoms with E-state index in [0.717, 1.165) is 37.9 Å². The fourth-order valence-corrected chi connectivity index (χ4v) is 7.36. The third-order valence-corrected chi connectivity index (χ3v) is 10.1. The maximum Gasteiger partial charge on any atom is 0.338 e. The van der Waals surface area contributed by atoms with Crippen molar-refractivity contribution in [2.45, 2.75) is 25.7 Å². The zero-order valence-corrected chi connectivity index (χ0v) is 25.1. The zero-order chi connectivity index (χ0) is 30.0. The summed E-state index contributed by atoms with van der Waals surface area (Å²) in [6.45, 7) is 3.36. The van der Waals surface area contributed by atoms with Gasteiger partial charge >= 0.3 is 5.97 Å². The summed E-state index contributed by atoms with van der Waals surface area (Å²) in [6.07, 6.45) is 0. The Morgan fingerprint density at radius 3 is 1.79 bits per heavy atom. The molecule has 3 amide bonds. The van der Waals surface area contributed by atoms with Crippen molar-refractivity contribution in [2.24, 2.45) is 11.8 Å². The summed E-state index contributed by atoms with van der Waals surface area (Å²) < 4.78 is 6.26. The van der Waals surface area contributed by atoms with Crippen LogP contribution in [0.4, 0.5) is 11.4 Å². The molecule has 7 nitrogen and oxygen atoms in total. The van der Waals surface area contributed by atoms with E-state index in [0.29, 0.717) is 11.4 Å². The third-order valence-electron chi connectivity index (χ3n) is 8.84. The van der Waals surface area contributed by atoms with Gasteiger partial charge in [-0.25, -0.2) is 9.69 Å². The summed E-state index contributed by atoms with van der Waals surface area (Å²) in [5, 5.41) is 2.75. The van der Waals surface area contributed by atoms with Gasteiger partial charge in [0.25, 0.3) is 5.91 Å². The average Bonchev–Trinajstić information content (AvgIpc) is 3.28. The van der Waals surface area contributed by atoms with Gasteiger partial charge < -0.3 is 10.1 Å². The number of hydrogen-bond donors (Lipinski definition) is 1. The van der Waals surface area contributed by atoms with Gasteiger partial charge in [-0.1, -0.05) is 70.5 Å². The number of carbonyl (C=O) groups is 4. The second-order valence-electron chi connectivity index (χ2n) is 11.4. The van der Waals surface area contributed by atoms with Gasteiger partial charge in [0.05, 0.1) is 23.1 Å². The first-order valence-corrected chi connectivity index (χ1v) is 14.9. The van der Waals surface area contributed by atoms with Crippen LogP contribution in [-0.4, -0.2) is 30.3 Å². The number of carbonyl (C=O) groups excluding carboxylic acids is 4. The summed E-state index contributed by atoms with van der Waals surface area (Å²) in [7, 11) is 0. The Balaban J connectivity index is 1.11. The highest BCUT2D eigenvalue weighted by Crippen LogP contribution is 2.61. The van der Waals surface area contributed by atoms with Crippen molar-refractivity contribution in [1.82, 2.24) is 0 Å². The number of hydrogen-bond acceptors (Lipinski definition) is 5. The predicted octanol–water partition coefficient (Wildman–Crippen LogP) is 6.26. The number of benzene rings is 4. The van der Waals surface area contributed by atoms with E-state index in [1.165, 1.54) is 11.0 Å². The van der Waals surface area contributed by atoms with Gasteiger partial charge in [-0.2, -0.15) is 0 Å². The van der Waals surface area contributed by atoms with Crippen LogP contribution in [0.25, 0.3) is 0 Å². The molecule has 43 heavy (non-hydrogen) atoms. The van der Waals surface area contributed by atoms with Crippen LogP contribution in [0.15, 0.2) is 89.4 Å². The highest BCUT2D eigenvalue weighted by Gasteiger charge is 2.61. The predicted molar refractivity (Wildman–Crippen MR) is 165 cm³/mol. The van der Waals surface area contributed by atoms with E-state index in [4.69, 9.17) is 4.74 Å². The minimum Gasteiger partial charge on any atom is -0.452 e. The summed E-state index contributed by atoms with van der Waals surface area (Å²) in [5.41, 5.74) is 7.39. The summed E-state index contributed by atoms with van der Waals surface area (Å²) in [5.74, 6) is -3.20. The average molecular weight is 636 g/mol. The molecule has 8 rings (SSSR count). The molecule has 1 heterocycles. The zero-order valence-electron chi connectivity index (χ0n) is 23.5.